The summed E-state index contributed by atoms with van der Waals surface area (Å²) < 4.78 is 1.80. The molecule has 3 rings (SSSR count). The van der Waals surface area contributed by atoms with Crippen LogP contribution in [0.15, 0.2) is 24.3 Å². The molecule has 0 fully saturated rings. The van der Waals surface area contributed by atoms with Gasteiger partial charge >= 0.3 is 0 Å². The fourth-order valence-electron chi connectivity index (χ4n) is 2.45. The second-order valence-corrected chi connectivity index (χ2v) is 7.25. The first kappa shape index (κ1) is 16.3. The van der Waals surface area contributed by atoms with Gasteiger partial charge in [0.25, 0.3) is 5.91 Å². The van der Waals surface area contributed by atoms with E-state index in [4.69, 9.17) is 23.2 Å². The van der Waals surface area contributed by atoms with Crippen LogP contribution < -0.4 is 5.32 Å². The van der Waals surface area contributed by atoms with E-state index >= 15 is 0 Å². The van der Waals surface area contributed by atoms with Gasteiger partial charge in [-0.3, -0.25) is 9.48 Å². The molecule has 23 heavy (non-hydrogen) atoms. The van der Waals surface area contributed by atoms with Gasteiger partial charge in [-0.15, -0.1) is 11.3 Å². The number of carbonyl (C=O) groups is 1. The molecule has 0 unspecified atom stereocenters. The molecule has 1 N–H and O–H groups in total. The van der Waals surface area contributed by atoms with Crippen molar-refractivity contribution < 1.29 is 4.79 Å². The van der Waals surface area contributed by atoms with Gasteiger partial charge in [0.15, 0.2) is 0 Å². The second-order valence-electron chi connectivity index (χ2n) is 5.41. The zero-order valence-electron chi connectivity index (χ0n) is 12.9. The van der Waals surface area contributed by atoms with E-state index in [0.29, 0.717) is 14.9 Å². The third-order valence-corrected chi connectivity index (χ3v) is 5.65. The fourth-order valence-corrected chi connectivity index (χ4v) is 3.78. The second kappa shape index (κ2) is 6.15. The molecule has 0 spiro atoms. The van der Waals surface area contributed by atoms with Crippen LogP contribution in [0.25, 0.3) is 10.2 Å². The molecule has 120 valence electrons. The number of halogens is 2. The van der Waals surface area contributed by atoms with Gasteiger partial charge in [-0.2, -0.15) is 5.10 Å². The number of amides is 1. The normalized spacial score (nSPS) is 12.6. The molecule has 1 atom stereocenters. The summed E-state index contributed by atoms with van der Waals surface area (Å²) in [6, 6.07) is 7.09. The van der Waals surface area contributed by atoms with Crippen molar-refractivity contribution in [1.82, 2.24) is 15.1 Å². The minimum atomic E-state index is -0.165. The van der Waals surface area contributed by atoms with Crippen molar-refractivity contribution in [2.24, 2.45) is 7.05 Å². The molecule has 1 aromatic carbocycles. The number of thiophene rings is 1. The van der Waals surface area contributed by atoms with Gasteiger partial charge in [0, 0.05) is 12.4 Å². The van der Waals surface area contributed by atoms with E-state index in [1.54, 1.807) is 16.8 Å². The molecule has 0 saturated carbocycles. The highest BCUT2D eigenvalue weighted by Gasteiger charge is 2.17. The summed E-state index contributed by atoms with van der Waals surface area (Å²) in [4.78, 5) is 14.1. The summed E-state index contributed by atoms with van der Waals surface area (Å²) in [7, 11) is 1.88. The van der Waals surface area contributed by atoms with Crippen molar-refractivity contribution in [2.75, 3.05) is 0 Å². The zero-order chi connectivity index (χ0) is 16.7. The van der Waals surface area contributed by atoms with Crippen LogP contribution in [-0.2, 0) is 7.05 Å². The van der Waals surface area contributed by atoms with E-state index in [9.17, 15) is 4.79 Å². The van der Waals surface area contributed by atoms with Gasteiger partial charge < -0.3 is 5.32 Å². The van der Waals surface area contributed by atoms with Gasteiger partial charge in [-0.05, 0) is 37.6 Å². The van der Waals surface area contributed by atoms with Gasteiger partial charge in [-0.1, -0.05) is 29.3 Å². The molecule has 0 radical (unpaired) electrons. The van der Waals surface area contributed by atoms with Crippen LogP contribution in [0.5, 0.6) is 0 Å². The van der Waals surface area contributed by atoms with Gasteiger partial charge in [0.05, 0.1) is 26.7 Å². The number of fused-ring (bicyclic) bond motifs is 1. The maximum absolute atomic E-state index is 12.5. The number of rotatable bonds is 3. The quantitative estimate of drug-likeness (QED) is 0.726. The number of aromatic nitrogens is 2. The van der Waals surface area contributed by atoms with E-state index in [1.165, 1.54) is 11.3 Å². The summed E-state index contributed by atoms with van der Waals surface area (Å²) in [6.07, 6.45) is 0. The van der Waals surface area contributed by atoms with Crippen LogP contribution in [0.1, 0.15) is 33.9 Å². The Hall–Kier alpha value is -1.56. The molecule has 0 aliphatic heterocycles. The average Bonchev–Trinajstić information content (AvgIpc) is 3.04. The first-order chi connectivity index (χ1) is 10.9. The Bertz CT molecular complexity index is 866. The Balaban J connectivity index is 1.81. The van der Waals surface area contributed by atoms with Crippen molar-refractivity contribution >= 4 is 50.7 Å². The summed E-state index contributed by atoms with van der Waals surface area (Å²) >= 11 is 13.4. The number of nitrogens with zero attached hydrogens (tertiary/aromatic N) is 2. The molecule has 4 nitrogen and oxygen atoms in total. The Morgan fingerprint density at radius 1 is 1.30 bits per heavy atom. The first-order valence-electron chi connectivity index (χ1n) is 7.05. The number of carbonyl (C=O) groups excluding carboxylic acids is 1. The summed E-state index contributed by atoms with van der Waals surface area (Å²) in [6.45, 7) is 3.85. The van der Waals surface area contributed by atoms with E-state index in [2.05, 4.69) is 10.4 Å². The van der Waals surface area contributed by atoms with Crippen molar-refractivity contribution in [3.05, 3.63) is 50.4 Å². The number of hydrogen-bond donors (Lipinski definition) is 1. The van der Waals surface area contributed by atoms with Crippen LogP contribution in [0, 0.1) is 6.92 Å². The average molecular weight is 368 g/mol. The SMILES string of the molecule is Cc1nn(C)c2sc(C(=O)N[C@H](C)c3ccc(Cl)c(Cl)c3)cc12. The lowest BCUT2D eigenvalue weighted by molar-refractivity contribution is 0.0944. The summed E-state index contributed by atoms with van der Waals surface area (Å²) in [5, 5.41) is 9.33. The smallest absolute Gasteiger partial charge is 0.261 e. The van der Waals surface area contributed by atoms with Crippen LogP contribution >= 0.6 is 34.5 Å². The Morgan fingerprint density at radius 3 is 2.70 bits per heavy atom. The molecule has 0 aliphatic rings. The van der Waals surface area contributed by atoms with E-state index in [0.717, 1.165) is 21.5 Å². The summed E-state index contributed by atoms with van der Waals surface area (Å²) in [5.74, 6) is -0.107. The van der Waals surface area contributed by atoms with Crippen LogP contribution in [0.4, 0.5) is 0 Å². The Morgan fingerprint density at radius 2 is 2.04 bits per heavy atom. The minimum Gasteiger partial charge on any atom is -0.345 e. The molecule has 3 aromatic rings. The van der Waals surface area contributed by atoms with Gasteiger partial charge in [0.1, 0.15) is 4.83 Å². The highest BCUT2D eigenvalue weighted by molar-refractivity contribution is 7.20. The molecule has 1 amide bonds. The standard InChI is InChI=1S/C16H15Cl2N3OS/c1-8(10-4-5-12(17)13(18)6-10)19-15(22)14-7-11-9(2)20-21(3)16(11)23-14/h4-8H,1-3H3,(H,19,22)/t8-/m1/s1. The molecule has 2 heterocycles. The van der Waals surface area contributed by atoms with Gasteiger partial charge in [-0.25, -0.2) is 0 Å². The number of hydrogen-bond acceptors (Lipinski definition) is 3. The minimum absolute atomic E-state index is 0.107. The molecule has 0 bridgehead atoms. The topological polar surface area (TPSA) is 46.9 Å². The van der Waals surface area contributed by atoms with E-state index in [1.807, 2.05) is 33.0 Å². The van der Waals surface area contributed by atoms with E-state index < -0.39 is 0 Å². The maximum atomic E-state index is 12.5. The van der Waals surface area contributed by atoms with Crippen molar-refractivity contribution in [3.63, 3.8) is 0 Å². The third kappa shape index (κ3) is 3.09. The first-order valence-corrected chi connectivity index (χ1v) is 8.63. The van der Waals surface area contributed by atoms with E-state index in [-0.39, 0.29) is 11.9 Å². The number of benzene rings is 1. The molecule has 0 saturated heterocycles. The summed E-state index contributed by atoms with van der Waals surface area (Å²) in [5.41, 5.74) is 1.84. The van der Waals surface area contributed by atoms with Crippen molar-refractivity contribution in [3.8, 4) is 0 Å². The van der Waals surface area contributed by atoms with Crippen LogP contribution in [0.3, 0.4) is 0 Å². The molecule has 0 aliphatic carbocycles. The van der Waals surface area contributed by atoms with Gasteiger partial charge in [0.2, 0.25) is 0 Å². The lowest BCUT2D eigenvalue weighted by Crippen LogP contribution is -2.25. The predicted molar refractivity (Wildman–Crippen MR) is 95.7 cm³/mol. The zero-order valence-corrected chi connectivity index (χ0v) is 15.2. The molecular weight excluding hydrogens is 353 g/mol. The van der Waals surface area contributed by atoms with Crippen molar-refractivity contribution in [1.29, 1.82) is 0 Å². The Kier molecular flexibility index (Phi) is 4.36. The molecule has 7 heteroatoms. The predicted octanol–water partition coefficient (Wildman–Crippen LogP) is 4.74. The molecular formula is C16H15Cl2N3OS. The lowest BCUT2D eigenvalue weighted by atomic mass is 10.1. The Labute approximate surface area is 148 Å². The maximum Gasteiger partial charge on any atom is 0.261 e. The lowest BCUT2D eigenvalue weighted by Gasteiger charge is -2.14. The van der Waals surface area contributed by atoms with Crippen LogP contribution in [0.2, 0.25) is 10.0 Å². The number of nitrogens with one attached hydrogen (secondary N) is 1. The number of aryl methyl sites for hydroxylation is 2. The highest BCUT2D eigenvalue weighted by Crippen LogP contribution is 2.29. The largest absolute Gasteiger partial charge is 0.345 e. The monoisotopic (exact) mass is 367 g/mol. The van der Waals surface area contributed by atoms with Crippen LogP contribution in [-0.4, -0.2) is 15.7 Å². The fraction of sp³-hybridized carbons (Fsp3) is 0.250. The third-order valence-electron chi connectivity index (χ3n) is 3.71. The van der Waals surface area contributed by atoms with Crippen molar-refractivity contribution in [2.45, 2.75) is 19.9 Å². The highest BCUT2D eigenvalue weighted by atomic mass is 35.5. The molecule has 2 aromatic heterocycles.